The van der Waals surface area contributed by atoms with Crippen molar-refractivity contribution in [1.82, 2.24) is 9.80 Å². The van der Waals surface area contributed by atoms with Crippen LogP contribution in [0.25, 0.3) is 0 Å². The molecule has 2 aromatic rings. The van der Waals surface area contributed by atoms with Gasteiger partial charge in [-0.2, -0.15) is 0 Å². The molecule has 0 N–H and O–H groups in total. The first kappa shape index (κ1) is 20.9. The number of benzene rings is 2. The highest BCUT2D eigenvalue weighted by molar-refractivity contribution is 5.94. The van der Waals surface area contributed by atoms with E-state index in [4.69, 9.17) is 4.74 Å². The van der Waals surface area contributed by atoms with E-state index in [1.165, 1.54) is 5.56 Å². The summed E-state index contributed by atoms with van der Waals surface area (Å²) >= 11 is 0. The lowest BCUT2D eigenvalue weighted by Gasteiger charge is -2.34. The maximum absolute atomic E-state index is 12.8. The van der Waals surface area contributed by atoms with Crippen LogP contribution in [0, 0.1) is 6.92 Å². The third kappa shape index (κ3) is 5.17. The average Bonchev–Trinajstić information content (AvgIpc) is 2.72. The first-order chi connectivity index (χ1) is 13.8. The van der Waals surface area contributed by atoms with Crippen LogP contribution in [0.3, 0.4) is 0 Å². The molecule has 154 valence electrons. The third-order valence-corrected chi connectivity index (χ3v) is 5.36. The van der Waals surface area contributed by atoms with Crippen molar-refractivity contribution in [3.63, 3.8) is 0 Å². The number of hydrogen-bond donors (Lipinski definition) is 0. The highest BCUT2D eigenvalue weighted by Crippen LogP contribution is 2.23. The first-order valence-electron chi connectivity index (χ1n) is 10.1. The molecule has 0 saturated carbocycles. The summed E-state index contributed by atoms with van der Waals surface area (Å²) < 4.78 is 5.66. The van der Waals surface area contributed by atoms with Crippen LogP contribution in [0.1, 0.15) is 42.3 Å². The van der Waals surface area contributed by atoms with E-state index in [2.05, 4.69) is 20.8 Å². The van der Waals surface area contributed by atoms with Crippen molar-refractivity contribution in [2.45, 2.75) is 33.1 Å². The van der Waals surface area contributed by atoms with Crippen LogP contribution in [-0.4, -0.2) is 54.4 Å². The molecule has 29 heavy (non-hydrogen) atoms. The highest BCUT2D eigenvalue weighted by atomic mass is 16.5. The highest BCUT2D eigenvalue weighted by Gasteiger charge is 2.25. The maximum atomic E-state index is 12.8. The predicted molar refractivity (Wildman–Crippen MR) is 114 cm³/mol. The second-order valence-corrected chi connectivity index (χ2v) is 8.55. The number of nitrogens with zero attached hydrogens (tertiary/aromatic N) is 2. The summed E-state index contributed by atoms with van der Waals surface area (Å²) in [5.41, 5.74) is 2.97. The van der Waals surface area contributed by atoms with Gasteiger partial charge in [0.05, 0.1) is 0 Å². The Bertz CT molecular complexity index is 860. The topological polar surface area (TPSA) is 49.9 Å². The first-order valence-corrected chi connectivity index (χ1v) is 10.1. The molecule has 2 amide bonds. The quantitative estimate of drug-likeness (QED) is 0.795. The monoisotopic (exact) mass is 394 g/mol. The fraction of sp³-hybridized carbons (Fsp3) is 0.417. The van der Waals surface area contributed by atoms with Gasteiger partial charge in [-0.15, -0.1) is 0 Å². The van der Waals surface area contributed by atoms with Crippen molar-refractivity contribution in [1.29, 1.82) is 0 Å². The summed E-state index contributed by atoms with van der Waals surface area (Å²) in [6.07, 6.45) is 0. The molecule has 0 aromatic heterocycles. The number of amides is 2. The number of hydrogen-bond acceptors (Lipinski definition) is 3. The van der Waals surface area contributed by atoms with Gasteiger partial charge in [-0.25, -0.2) is 0 Å². The van der Waals surface area contributed by atoms with Crippen molar-refractivity contribution in [2.24, 2.45) is 0 Å². The van der Waals surface area contributed by atoms with Gasteiger partial charge in [0.25, 0.3) is 11.8 Å². The normalized spacial score (nSPS) is 14.6. The zero-order chi connectivity index (χ0) is 21.0. The number of carbonyl (C=O) groups is 2. The molecule has 2 aromatic carbocycles. The van der Waals surface area contributed by atoms with Gasteiger partial charge >= 0.3 is 0 Å². The van der Waals surface area contributed by atoms with Crippen LogP contribution in [0.2, 0.25) is 0 Å². The zero-order valence-electron chi connectivity index (χ0n) is 17.8. The second-order valence-electron chi connectivity index (χ2n) is 8.55. The number of rotatable bonds is 4. The number of piperazine rings is 1. The lowest BCUT2D eigenvalue weighted by molar-refractivity contribution is -0.134. The molecular formula is C24H30N2O3. The molecule has 1 saturated heterocycles. The zero-order valence-corrected chi connectivity index (χ0v) is 17.8. The predicted octanol–water partition coefficient (Wildman–Crippen LogP) is 3.66. The minimum Gasteiger partial charge on any atom is -0.484 e. The Labute approximate surface area is 173 Å². The Morgan fingerprint density at radius 3 is 2.07 bits per heavy atom. The van der Waals surface area contributed by atoms with E-state index < -0.39 is 0 Å². The second kappa shape index (κ2) is 8.68. The molecule has 1 aliphatic heterocycles. The van der Waals surface area contributed by atoms with Crippen molar-refractivity contribution in [2.75, 3.05) is 32.8 Å². The van der Waals surface area contributed by atoms with Gasteiger partial charge < -0.3 is 14.5 Å². The number of aryl methyl sites for hydroxylation is 1. The molecule has 0 aliphatic carbocycles. The number of ether oxygens (including phenoxy) is 1. The fourth-order valence-corrected chi connectivity index (χ4v) is 3.40. The summed E-state index contributed by atoms with van der Waals surface area (Å²) in [6.45, 7) is 10.6. The molecule has 1 heterocycles. The largest absolute Gasteiger partial charge is 0.484 e. The molecule has 3 rings (SSSR count). The smallest absolute Gasteiger partial charge is 0.260 e. The van der Waals surface area contributed by atoms with E-state index in [0.29, 0.717) is 31.7 Å². The molecule has 0 spiro atoms. The molecule has 1 fully saturated rings. The minimum absolute atomic E-state index is 0.0209. The van der Waals surface area contributed by atoms with Crippen LogP contribution >= 0.6 is 0 Å². The van der Waals surface area contributed by atoms with Crippen molar-refractivity contribution in [3.8, 4) is 5.75 Å². The Morgan fingerprint density at radius 2 is 1.48 bits per heavy atom. The molecule has 0 atom stereocenters. The molecule has 5 nitrogen and oxygen atoms in total. The van der Waals surface area contributed by atoms with E-state index in [-0.39, 0.29) is 23.8 Å². The van der Waals surface area contributed by atoms with E-state index >= 15 is 0 Å². The molecule has 0 unspecified atom stereocenters. The maximum Gasteiger partial charge on any atom is 0.260 e. The molecule has 5 heteroatoms. The lowest BCUT2D eigenvalue weighted by atomic mass is 9.86. The Hall–Kier alpha value is -2.82. The van der Waals surface area contributed by atoms with E-state index in [1.807, 2.05) is 60.4 Å². The van der Waals surface area contributed by atoms with E-state index in [9.17, 15) is 9.59 Å². The summed E-state index contributed by atoms with van der Waals surface area (Å²) in [5, 5.41) is 0. The summed E-state index contributed by atoms with van der Waals surface area (Å²) in [7, 11) is 0. The van der Waals surface area contributed by atoms with E-state index in [0.717, 1.165) is 11.3 Å². The van der Waals surface area contributed by atoms with Gasteiger partial charge in [-0.05, 0) is 41.7 Å². The van der Waals surface area contributed by atoms with Gasteiger partial charge in [0.2, 0.25) is 0 Å². The third-order valence-electron chi connectivity index (χ3n) is 5.36. The lowest BCUT2D eigenvalue weighted by Crippen LogP contribution is -2.51. The van der Waals surface area contributed by atoms with Gasteiger partial charge in [0.15, 0.2) is 6.61 Å². The molecular weight excluding hydrogens is 364 g/mol. The Balaban J connectivity index is 1.51. The Kier molecular flexibility index (Phi) is 6.26. The number of para-hydroxylation sites is 1. The summed E-state index contributed by atoms with van der Waals surface area (Å²) in [4.78, 5) is 28.8. The molecule has 1 aliphatic rings. The van der Waals surface area contributed by atoms with Crippen LogP contribution in [0.5, 0.6) is 5.75 Å². The SMILES string of the molecule is Cc1ccccc1OCC(=O)N1CCN(C(=O)c2ccc(C(C)(C)C)cc2)CC1. The van der Waals surface area contributed by atoms with Crippen molar-refractivity contribution in [3.05, 3.63) is 65.2 Å². The van der Waals surface area contributed by atoms with Crippen LogP contribution in [-0.2, 0) is 10.2 Å². The van der Waals surface area contributed by atoms with Gasteiger partial charge in [0, 0.05) is 31.7 Å². The molecule has 0 radical (unpaired) electrons. The standard InChI is InChI=1S/C24H30N2O3/c1-18-7-5-6-8-21(18)29-17-22(27)25-13-15-26(16-14-25)23(28)19-9-11-20(12-10-19)24(2,3)4/h5-12H,13-17H2,1-4H3. The van der Waals surface area contributed by atoms with Gasteiger partial charge in [0.1, 0.15) is 5.75 Å². The van der Waals surface area contributed by atoms with Gasteiger partial charge in [-0.3, -0.25) is 9.59 Å². The van der Waals surface area contributed by atoms with Crippen LogP contribution < -0.4 is 4.74 Å². The Morgan fingerprint density at radius 1 is 0.897 bits per heavy atom. The summed E-state index contributed by atoms with van der Waals surface area (Å²) in [5.74, 6) is 0.706. The fourth-order valence-electron chi connectivity index (χ4n) is 3.40. The van der Waals surface area contributed by atoms with Crippen LogP contribution in [0.4, 0.5) is 0 Å². The van der Waals surface area contributed by atoms with Gasteiger partial charge in [-0.1, -0.05) is 51.1 Å². The molecule has 0 bridgehead atoms. The average molecular weight is 395 g/mol. The van der Waals surface area contributed by atoms with E-state index in [1.54, 1.807) is 4.90 Å². The summed E-state index contributed by atoms with van der Waals surface area (Å²) in [6, 6.07) is 15.5. The van der Waals surface area contributed by atoms with Crippen LogP contribution in [0.15, 0.2) is 48.5 Å². The van der Waals surface area contributed by atoms with Crippen molar-refractivity contribution >= 4 is 11.8 Å². The van der Waals surface area contributed by atoms with Crippen molar-refractivity contribution < 1.29 is 14.3 Å². The number of carbonyl (C=O) groups excluding carboxylic acids is 2. The minimum atomic E-state index is -0.0464.